The van der Waals surface area contributed by atoms with Crippen molar-refractivity contribution in [1.29, 1.82) is 0 Å². The first kappa shape index (κ1) is 17.2. The predicted octanol–water partition coefficient (Wildman–Crippen LogP) is 5.61. The third kappa shape index (κ3) is 3.28. The highest BCUT2D eigenvalue weighted by Crippen LogP contribution is 2.35. The molecular weight excluding hydrogens is 344 g/mol. The van der Waals surface area contributed by atoms with Crippen LogP contribution in [0.5, 0.6) is 0 Å². The highest BCUT2D eigenvalue weighted by molar-refractivity contribution is 6.20. The first-order valence-corrected chi connectivity index (χ1v) is 8.00. The number of ether oxygens (including phenoxy) is 1. The predicted molar refractivity (Wildman–Crippen MR) is 83.8 cm³/mol. The van der Waals surface area contributed by atoms with Crippen LogP contribution in [-0.4, -0.2) is 12.0 Å². The van der Waals surface area contributed by atoms with E-state index in [2.05, 4.69) is 0 Å². The molecule has 6 heteroatoms. The summed E-state index contributed by atoms with van der Waals surface area (Å²) < 4.78 is 59.8. The maximum absolute atomic E-state index is 14.4. The second kappa shape index (κ2) is 6.73. The molecule has 24 heavy (non-hydrogen) atoms. The van der Waals surface area contributed by atoms with Crippen LogP contribution in [0.1, 0.15) is 25.0 Å². The first-order chi connectivity index (χ1) is 11.4. The van der Waals surface area contributed by atoms with Gasteiger partial charge in [-0.2, -0.15) is 0 Å². The second-order valence-electron chi connectivity index (χ2n) is 6.04. The Kier molecular flexibility index (Phi) is 4.83. The summed E-state index contributed by atoms with van der Waals surface area (Å²) in [5, 5.41) is -0.0632. The zero-order valence-electron chi connectivity index (χ0n) is 12.8. The van der Waals surface area contributed by atoms with E-state index in [1.807, 2.05) is 6.92 Å². The van der Waals surface area contributed by atoms with E-state index in [9.17, 15) is 17.6 Å². The lowest BCUT2D eigenvalue weighted by Crippen LogP contribution is -2.28. The van der Waals surface area contributed by atoms with Gasteiger partial charge in [-0.1, -0.05) is 19.1 Å². The van der Waals surface area contributed by atoms with Crippen LogP contribution in [0.4, 0.5) is 17.6 Å². The maximum Gasteiger partial charge on any atom is 0.194 e. The van der Waals surface area contributed by atoms with Gasteiger partial charge in [-0.3, -0.25) is 0 Å². The van der Waals surface area contributed by atoms with Crippen molar-refractivity contribution in [3.8, 4) is 11.1 Å². The molecule has 1 fully saturated rings. The van der Waals surface area contributed by atoms with Gasteiger partial charge >= 0.3 is 0 Å². The largest absolute Gasteiger partial charge is 0.373 e. The molecule has 0 radical (unpaired) electrons. The van der Waals surface area contributed by atoms with Gasteiger partial charge in [0.25, 0.3) is 0 Å². The SMILES string of the molecule is CC1COC(c2ccc(-c3cc(F)c(F)c(F)c3)c(F)c2)CC1Cl. The zero-order chi connectivity index (χ0) is 17.4. The third-order valence-corrected chi connectivity index (χ3v) is 4.89. The molecule has 1 nitrogen and oxygen atoms in total. The van der Waals surface area contributed by atoms with Crippen molar-refractivity contribution in [2.24, 2.45) is 5.92 Å². The smallest absolute Gasteiger partial charge is 0.194 e. The highest BCUT2D eigenvalue weighted by Gasteiger charge is 2.28. The minimum absolute atomic E-state index is 0.0110. The van der Waals surface area contributed by atoms with Crippen LogP contribution in [-0.2, 0) is 4.74 Å². The van der Waals surface area contributed by atoms with E-state index in [0.717, 1.165) is 12.1 Å². The fraction of sp³-hybridized carbons (Fsp3) is 0.333. The van der Waals surface area contributed by atoms with Crippen molar-refractivity contribution < 1.29 is 22.3 Å². The molecule has 2 aromatic rings. The summed E-state index contributed by atoms with van der Waals surface area (Å²) in [6.07, 6.45) is 0.232. The highest BCUT2D eigenvalue weighted by atomic mass is 35.5. The Labute approximate surface area is 142 Å². The van der Waals surface area contributed by atoms with Crippen LogP contribution >= 0.6 is 11.6 Å². The average Bonchev–Trinajstić information content (AvgIpc) is 2.54. The van der Waals surface area contributed by atoms with Gasteiger partial charge in [0.15, 0.2) is 17.5 Å². The Balaban J connectivity index is 1.91. The van der Waals surface area contributed by atoms with Crippen LogP contribution < -0.4 is 0 Å². The first-order valence-electron chi connectivity index (χ1n) is 7.57. The summed E-state index contributed by atoms with van der Waals surface area (Å²) in [7, 11) is 0. The third-order valence-electron chi connectivity index (χ3n) is 4.28. The number of benzene rings is 2. The monoisotopic (exact) mass is 358 g/mol. The molecule has 0 aliphatic carbocycles. The minimum atomic E-state index is -1.58. The summed E-state index contributed by atoms with van der Waals surface area (Å²) in [5.41, 5.74) is 0.531. The van der Waals surface area contributed by atoms with E-state index in [-0.39, 0.29) is 28.5 Å². The molecule has 1 aliphatic rings. The summed E-state index contributed by atoms with van der Waals surface area (Å²) in [5.74, 6) is -4.73. The van der Waals surface area contributed by atoms with Crippen molar-refractivity contribution in [2.75, 3.05) is 6.61 Å². The Morgan fingerprint density at radius 1 is 1.00 bits per heavy atom. The molecule has 0 spiro atoms. The van der Waals surface area contributed by atoms with Crippen molar-refractivity contribution in [1.82, 2.24) is 0 Å². The Hall–Kier alpha value is -1.59. The number of halogens is 5. The van der Waals surface area contributed by atoms with Gasteiger partial charge < -0.3 is 4.74 Å². The second-order valence-corrected chi connectivity index (χ2v) is 6.60. The van der Waals surface area contributed by atoms with Crippen LogP contribution in [0.25, 0.3) is 11.1 Å². The number of rotatable bonds is 2. The van der Waals surface area contributed by atoms with Gasteiger partial charge in [0.05, 0.1) is 12.7 Å². The fourth-order valence-electron chi connectivity index (χ4n) is 2.79. The lowest BCUT2D eigenvalue weighted by Gasteiger charge is -2.31. The Bertz CT molecular complexity index is 742. The topological polar surface area (TPSA) is 9.23 Å². The summed E-state index contributed by atoms with van der Waals surface area (Å²) >= 11 is 6.24. The van der Waals surface area contributed by atoms with E-state index >= 15 is 0 Å². The van der Waals surface area contributed by atoms with Crippen LogP contribution in [0.2, 0.25) is 0 Å². The molecule has 0 N–H and O–H groups in total. The van der Waals surface area contributed by atoms with Crippen molar-refractivity contribution in [3.05, 3.63) is 59.2 Å². The quantitative estimate of drug-likeness (QED) is 0.385. The summed E-state index contributed by atoms with van der Waals surface area (Å²) in [4.78, 5) is 0. The fourth-order valence-corrected chi connectivity index (χ4v) is 3.02. The number of alkyl halides is 1. The van der Waals surface area contributed by atoms with Gasteiger partial charge in [-0.25, -0.2) is 17.6 Å². The molecule has 3 atom stereocenters. The van der Waals surface area contributed by atoms with E-state index in [0.29, 0.717) is 18.6 Å². The molecule has 1 saturated heterocycles. The number of hydrogen-bond donors (Lipinski definition) is 0. The summed E-state index contributed by atoms with van der Waals surface area (Å²) in [6.45, 7) is 2.46. The molecule has 3 unspecified atom stereocenters. The van der Waals surface area contributed by atoms with Crippen molar-refractivity contribution in [3.63, 3.8) is 0 Å². The standard InChI is InChI=1S/C18H15ClF4O/c1-9-8-24-17(7-13(9)19)10-2-3-12(14(20)4-10)11-5-15(21)18(23)16(22)6-11/h2-6,9,13,17H,7-8H2,1H3. The normalized spacial score (nSPS) is 24.2. The lowest BCUT2D eigenvalue weighted by molar-refractivity contribution is -0.0100. The van der Waals surface area contributed by atoms with Crippen LogP contribution in [0.3, 0.4) is 0 Å². The van der Waals surface area contributed by atoms with Crippen molar-refractivity contribution >= 4 is 11.6 Å². The van der Waals surface area contributed by atoms with E-state index in [4.69, 9.17) is 16.3 Å². The Morgan fingerprint density at radius 2 is 1.67 bits per heavy atom. The molecule has 0 aromatic heterocycles. The summed E-state index contributed by atoms with van der Waals surface area (Å²) in [6, 6.07) is 5.83. The molecule has 0 saturated carbocycles. The maximum atomic E-state index is 14.4. The van der Waals surface area contributed by atoms with E-state index < -0.39 is 23.3 Å². The van der Waals surface area contributed by atoms with Crippen LogP contribution in [0, 0.1) is 29.2 Å². The minimum Gasteiger partial charge on any atom is -0.373 e. The van der Waals surface area contributed by atoms with Gasteiger partial charge in [-0.05, 0) is 41.7 Å². The van der Waals surface area contributed by atoms with Gasteiger partial charge in [0.2, 0.25) is 0 Å². The molecule has 1 aliphatic heterocycles. The Morgan fingerprint density at radius 3 is 2.25 bits per heavy atom. The molecule has 1 heterocycles. The van der Waals surface area contributed by atoms with Gasteiger partial charge in [0.1, 0.15) is 5.82 Å². The molecule has 2 aromatic carbocycles. The van der Waals surface area contributed by atoms with Crippen LogP contribution in [0.15, 0.2) is 30.3 Å². The zero-order valence-corrected chi connectivity index (χ0v) is 13.6. The lowest BCUT2D eigenvalue weighted by atomic mass is 9.94. The molecule has 0 amide bonds. The molecule has 0 bridgehead atoms. The van der Waals surface area contributed by atoms with Crippen molar-refractivity contribution in [2.45, 2.75) is 24.8 Å². The molecular formula is C18H15ClF4O. The van der Waals surface area contributed by atoms with E-state index in [1.165, 1.54) is 12.1 Å². The average molecular weight is 359 g/mol. The van der Waals surface area contributed by atoms with Gasteiger partial charge in [-0.15, -0.1) is 11.6 Å². The molecule has 3 rings (SSSR count). The van der Waals surface area contributed by atoms with E-state index in [1.54, 1.807) is 6.07 Å². The number of hydrogen-bond acceptors (Lipinski definition) is 1. The molecule has 128 valence electrons. The van der Waals surface area contributed by atoms with Gasteiger partial charge in [0, 0.05) is 10.9 Å².